The molecule has 4 heteroatoms. The van der Waals surface area contributed by atoms with E-state index in [2.05, 4.69) is 0 Å². The fourth-order valence-electron chi connectivity index (χ4n) is 1.50. The molecule has 0 heterocycles. The van der Waals surface area contributed by atoms with Crippen LogP contribution in [0.4, 0.5) is 5.69 Å². The first-order chi connectivity index (χ1) is 7.67. The molecule has 0 saturated heterocycles. The first-order valence-electron chi connectivity index (χ1n) is 5.28. The van der Waals surface area contributed by atoms with Crippen LogP contribution in [0, 0.1) is 0 Å². The molecule has 0 bridgehead atoms. The lowest BCUT2D eigenvalue weighted by atomic mass is 10.2. The van der Waals surface area contributed by atoms with Gasteiger partial charge in [0.25, 0.3) is 0 Å². The van der Waals surface area contributed by atoms with Gasteiger partial charge in [-0.1, -0.05) is 12.1 Å². The summed E-state index contributed by atoms with van der Waals surface area (Å²) in [6.45, 7) is 3.36. The van der Waals surface area contributed by atoms with Crippen LogP contribution in [0.1, 0.15) is 12.5 Å². The molecule has 0 radical (unpaired) electrons. The van der Waals surface area contributed by atoms with E-state index in [0.29, 0.717) is 12.3 Å². The molecule has 0 fully saturated rings. The minimum atomic E-state index is 0.178. The topological polar surface area (TPSA) is 46.3 Å². The average Bonchev–Trinajstić information content (AvgIpc) is 2.26. The number of carbonyl (C=O) groups is 1. The first kappa shape index (κ1) is 12.9. The van der Waals surface area contributed by atoms with E-state index >= 15 is 0 Å². The summed E-state index contributed by atoms with van der Waals surface area (Å²) in [6.07, 6.45) is 1.94. The Morgan fingerprint density at radius 2 is 2.25 bits per heavy atom. The highest BCUT2D eigenvalue weighted by molar-refractivity contribution is 7.99. The maximum absolute atomic E-state index is 11.7. The van der Waals surface area contributed by atoms with Gasteiger partial charge < -0.3 is 10.6 Å². The molecule has 0 aliphatic heterocycles. The van der Waals surface area contributed by atoms with Gasteiger partial charge in [0.1, 0.15) is 0 Å². The maximum atomic E-state index is 11.7. The van der Waals surface area contributed by atoms with Gasteiger partial charge >= 0.3 is 0 Å². The lowest BCUT2D eigenvalue weighted by molar-refractivity contribution is -0.128. The average molecular weight is 238 g/mol. The largest absolute Gasteiger partial charge is 0.399 e. The Bertz CT molecular complexity index is 355. The Morgan fingerprint density at radius 3 is 2.81 bits per heavy atom. The summed E-state index contributed by atoms with van der Waals surface area (Å²) in [5, 5.41) is 0. The van der Waals surface area contributed by atoms with Crippen molar-refractivity contribution in [3.8, 4) is 0 Å². The van der Waals surface area contributed by atoms with Gasteiger partial charge in [-0.25, -0.2) is 0 Å². The zero-order valence-corrected chi connectivity index (χ0v) is 10.6. The van der Waals surface area contributed by atoms with E-state index < -0.39 is 0 Å². The fraction of sp³-hybridized carbons (Fsp3) is 0.417. The third-order valence-electron chi connectivity index (χ3n) is 2.33. The lowest BCUT2D eigenvalue weighted by Gasteiger charge is -2.20. The number of nitrogens with two attached hydrogens (primary N) is 1. The molecule has 1 aromatic rings. The second-order valence-corrected chi connectivity index (χ2v) is 4.45. The Labute approximate surface area is 101 Å². The summed E-state index contributed by atoms with van der Waals surface area (Å²) >= 11 is 1.55. The van der Waals surface area contributed by atoms with Crippen molar-refractivity contribution < 1.29 is 4.79 Å². The predicted molar refractivity (Wildman–Crippen MR) is 70.3 cm³/mol. The molecule has 1 aromatic carbocycles. The van der Waals surface area contributed by atoms with Gasteiger partial charge in [0.05, 0.1) is 5.75 Å². The molecule has 0 saturated carbocycles. The molecule has 1 rings (SSSR count). The van der Waals surface area contributed by atoms with Crippen LogP contribution >= 0.6 is 11.8 Å². The van der Waals surface area contributed by atoms with Crippen molar-refractivity contribution >= 4 is 23.4 Å². The number of nitrogens with zero attached hydrogens (tertiary/aromatic N) is 1. The second kappa shape index (κ2) is 6.43. The van der Waals surface area contributed by atoms with Crippen LogP contribution in [0.5, 0.6) is 0 Å². The van der Waals surface area contributed by atoms with Gasteiger partial charge in [0, 0.05) is 18.8 Å². The maximum Gasteiger partial charge on any atom is 0.232 e. The van der Waals surface area contributed by atoms with Crippen LogP contribution in [0.2, 0.25) is 0 Å². The van der Waals surface area contributed by atoms with Crippen LogP contribution in [0.15, 0.2) is 24.3 Å². The van der Waals surface area contributed by atoms with Gasteiger partial charge in [0.2, 0.25) is 5.91 Å². The molecule has 2 N–H and O–H groups in total. The van der Waals surface area contributed by atoms with E-state index in [4.69, 9.17) is 5.73 Å². The van der Waals surface area contributed by atoms with E-state index in [1.807, 2.05) is 42.3 Å². The molecule has 1 amide bonds. The molecule has 0 aliphatic carbocycles. The number of benzene rings is 1. The van der Waals surface area contributed by atoms with Crippen LogP contribution in [0.25, 0.3) is 0 Å². The van der Waals surface area contributed by atoms with Gasteiger partial charge in [-0.2, -0.15) is 11.8 Å². The summed E-state index contributed by atoms with van der Waals surface area (Å²) in [7, 11) is 0. The molecular weight excluding hydrogens is 220 g/mol. The Hall–Kier alpha value is -1.16. The molecular formula is C12H18N2OS. The number of nitrogen functional groups attached to an aromatic ring is 1. The number of carbonyl (C=O) groups excluding carboxylic acids is 1. The van der Waals surface area contributed by atoms with E-state index in [1.165, 1.54) is 0 Å². The number of anilines is 1. The molecule has 3 nitrogen and oxygen atoms in total. The van der Waals surface area contributed by atoms with Crippen LogP contribution in [-0.4, -0.2) is 29.4 Å². The lowest BCUT2D eigenvalue weighted by Crippen LogP contribution is -2.31. The number of thioether (sulfide) groups is 1. The second-order valence-electron chi connectivity index (χ2n) is 3.59. The molecule has 0 spiro atoms. The summed E-state index contributed by atoms with van der Waals surface area (Å²) in [6, 6.07) is 7.67. The highest BCUT2D eigenvalue weighted by Gasteiger charge is 2.10. The molecule has 0 atom stereocenters. The van der Waals surface area contributed by atoms with Crippen molar-refractivity contribution in [2.75, 3.05) is 24.3 Å². The minimum Gasteiger partial charge on any atom is -0.399 e. The zero-order chi connectivity index (χ0) is 12.0. The number of rotatable bonds is 5. The van der Waals surface area contributed by atoms with E-state index in [0.717, 1.165) is 17.8 Å². The fourth-order valence-corrected chi connectivity index (χ4v) is 1.93. The van der Waals surface area contributed by atoms with Crippen LogP contribution in [0.3, 0.4) is 0 Å². The first-order valence-corrected chi connectivity index (χ1v) is 6.68. The smallest absolute Gasteiger partial charge is 0.232 e. The zero-order valence-electron chi connectivity index (χ0n) is 9.77. The van der Waals surface area contributed by atoms with E-state index in [1.54, 1.807) is 11.8 Å². The third-order valence-corrected chi connectivity index (χ3v) is 2.86. The van der Waals surface area contributed by atoms with Crippen molar-refractivity contribution in [2.24, 2.45) is 0 Å². The Kier molecular flexibility index (Phi) is 5.19. The summed E-state index contributed by atoms with van der Waals surface area (Å²) < 4.78 is 0. The Morgan fingerprint density at radius 1 is 1.50 bits per heavy atom. The SMILES string of the molecule is CCN(Cc1cccc(N)c1)C(=O)CSC. The monoisotopic (exact) mass is 238 g/mol. The summed E-state index contributed by atoms with van der Waals surface area (Å²) in [5.41, 5.74) is 7.52. The quantitative estimate of drug-likeness (QED) is 0.798. The van der Waals surface area contributed by atoms with Crippen molar-refractivity contribution in [3.63, 3.8) is 0 Å². The van der Waals surface area contributed by atoms with Crippen LogP contribution in [-0.2, 0) is 11.3 Å². The molecule has 0 aromatic heterocycles. The van der Waals surface area contributed by atoms with Gasteiger partial charge in [-0.15, -0.1) is 0 Å². The molecule has 0 unspecified atom stereocenters. The third kappa shape index (κ3) is 3.77. The molecule has 0 aliphatic rings. The standard InChI is InChI=1S/C12H18N2OS/c1-3-14(12(15)9-16-2)8-10-5-4-6-11(13)7-10/h4-7H,3,8-9,13H2,1-2H3. The Balaban J connectivity index is 2.66. The van der Waals surface area contributed by atoms with Crippen molar-refractivity contribution in [1.29, 1.82) is 0 Å². The van der Waals surface area contributed by atoms with E-state index in [-0.39, 0.29) is 5.91 Å². The summed E-state index contributed by atoms with van der Waals surface area (Å²) in [4.78, 5) is 13.6. The normalized spacial score (nSPS) is 10.1. The number of amides is 1. The minimum absolute atomic E-state index is 0.178. The molecule has 88 valence electrons. The van der Waals surface area contributed by atoms with Crippen molar-refractivity contribution in [1.82, 2.24) is 4.90 Å². The van der Waals surface area contributed by atoms with Crippen molar-refractivity contribution in [2.45, 2.75) is 13.5 Å². The highest BCUT2D eigenvalue weighted by atomic mass is 32.2. The van der Waals surface area contributed by atoms with E-state index in [9.17, 15) is 4.79 Å². The predicted octanol–water partition coefficient (Wildman–Crippen LogP) is 1.98. The summed E-state index contributed by atoms with van der Waals surface area (Å²) in [5.74, 6) is 0.716. The van der Waals surface area contributed by atoms with Gasteiger partial charge in [-0.05, 0) is 30.9 Å². The number of hydrogen-bond acceptors (Lipinski definition) is 3. The van der Waals surface area contributed by atoms with Gasteiger partial charge in [0.15, 0.2) is 0 Å². The molecule has 16 heavy (non-hydrogen) atoms. The van der Waals surface area contributed by atoms with Crippen LogP contribution < -0.4 is 5.73 Å². The number of hydrogen-bond donors (Lipinski definition) is 1. The van der Waals surface area contributed by atoms with Crippen molar-refractivity contribution in [3.05, 3.63) is 29.8 Å². The van der Waals surface area contributed by atoms with Gasteiger partial charge in [-0.3, -0.25) is 4.79 Å². The highest BCUT2D eigenvalue weighted by Crippen LogP contribution is 2.10.